The second kappa shape index (κ2) is 15.7. The predicted octanol–water partition coefficient (Wildman–Crippen LogP) is 2.69. The molecular weight excluding hydrogens is 600 g/mol. The first kappa shape index (κ1) is 32.9. The van der Waals surface area contributed by atoms with E-state index < -0.39 is 73.7 Å². The van der Waals surface area contributed by atoms with Gasteiger partial charge in [-0.1, -0.05) is 60.7 Å². The van der Waals surface area contributed by atoms with Gasteiger partial charge < -0.3 is 43.4 Å². The standard InChI is InChI=1S/C34H34O12/c1-2-18-40-33-27(36)26(35)24(19-42-33)43-34-29(46-32(39)23-16-10-5-11-17-23)28(45-31(38)22-14-8-4-9-15-22)25(44-34)20-41-30(37)21-12-6-3-7-13-21/h2-17,24-29,33-36H,1,18-20H2/t24-,25+,26+,27-,28+,29-,33-,34-/m1/s1. The summed E-state index contributed by atoms with van der Waals surface area (Å²) >= 11 is 0. The minimum absolute atomic E-state index is 0.0705. The largest absolute Gasteiger partial charge is 0.459 e. The number of aliphatic hydroxyl groups excluding tert-OH is 2. The Hall–Kier alpha value is -4.43. The Morgan fingerprint density at radius 1 is 0.739 bits per heavy atom. The van der Waals surface area contributed by atoms with E-state index in [2.05, 4.69) is 6.58 Å². The summed E-state index contributed by atoms with van der Waals surface area (Å²) in [5.74, 6) is -2.19. The van der Waals surface area contributed by atoms with Gasteiger partial charge >= 0.3 is 17.9 Å². The molecule has 3 aromatic carbocycles. The van der Waals surface area contributed by atoms with Crippen LogP contribution in [0.5, 0.6) is 0 Å². The summed E-state index contributed by atoms with van der Waals surface area (Å²) in [5.41, 5.74) is 0.694. The van der Waals surface area contributed by atoms with Crippen molar-refractivity contribution in [3.8, 4) is 0 Å². The minimum Gasteiger partial charge on any atom is -0.459 e. The number of carbonyl (C=O) groups excluding carboxylic acids is 3. The highest BCUT2D eigenvalue weighted by molar-refractivity contribution is 5.91. The zero-order valence-electron chi connectivity index (χ0n) is 24.7. The van der Waals surface area contributed by atoms with Crippen LogP contribution in [0.25, 0.3) is 0 Å². The molecule has 2 aliphatic heterocycles. The van der Waals surface area contributed by atoms with Gasteiger partial charge in [0, 0.05) is 0 Å². The number of esters is 3. The molecule has 5 rings (SSSR count). The van der Waals surface area contributed by atoms with Crippen LogP contribution in [0.15, 0.2) is 104 Å². The molecule has 3 aromatic rings. The average Bonchev–Trinajstić information content (AvgIpc) is 3.40. The Morgan fingerprint density at radius 3 is 1.80 bits per heavy atom. The highest BCUT2D eigenvalue weighted by atomic mass is 16.8. The van der Waals surface area contributed by atoms with Crippen LogP contribution in [-0.2, 0) is 33.2 Å². The van der Waals surface area contributed by atoms with Gasteiger partial charge in [0.25, 0.3) is 0 Å². The molecule has 0 aliphatic carbocycles. The highest BCUT2D eigenvalue weighted by Crippen LogP contribution is 2.32. The number of rotatable bonds is 12. The van der Waals surface area contributed by atoms with Crippen LogP contribution in [0.2, 0.25) is 0 Å². The lowest BCUT2D eigenvalue weighted by Gasteiger charge is -2.38. The molecule has 2 fully saturated rings. The van der Waals surface area contributed by atoms with Crippen LogP contribution in [0, 0.1) is 0 Å². The summed E-state index contributed by atoms with van der Waals surface area (Å²) in [5, 5.41) is 21.5. The Morgan fingerprint density at radius 2 is 1.26 bits per heavy atom. The van der Waals surface area contributed by atoms with Crippen LogP contribution < -0.4 is 0 Å². The van der Waals surface area contributed by atoms with Crippen LogP contribution in [0.1, 0.15) is 31.1 Å². The summed E-state index contributed by atoms with van der Waals surface area (Å²) in [4.78, 5) is 39.3. The summed E-state index contributed by atoms with van der Waals surface area (Å²) in [6.45, 7) is 2.97. The van der Waals surface area contributed by atoms with Gasteiger partial charge in [0.05, 0.1) is 29.9 Å². The molecule has 0 spiro atoms. The predicted molar refractivity (Wildman–Crippen MR) is 159 cm³/mol. The number of hydrogen-bond donors (Lipinski definition) is 2. The van der Waals surface area contributed by atoms with E-state index in [0.29, 0.717) is 0 Å². The fraction of sp³-hybridized carbons (Fsp3) is 0.324. The van der Waals surface area contributed by atoms with Crippen LogP contribution in [0.4, 0.5) is 0 Å². The fourth-order valence-corrected chi connectivity index (χ4v) is 4.92. The lowest BCUT2D eigenvalue weighted by Crippen LogP contribution is -2.56. The van der Waals surface area contributed by atoms with Crippen molar-refractivity contribution in [1.29, 1.82) is 0 Å². The molecule has 12 nitrogen and oxygen atoms in total. The van der Waals surface area contributed by atoms with Gasteiger partial charge in [0.15, 0.2) is 24.8 Å². The van der Waals surface area contributed by atoms with Gasteiger partial charge in [-0.3, -0.25) is 0 Å². The molecule has 0 aromatic heterocycles. The van der Waals surface area contributed by atoms with E-state index in [4.69, 9.17) is 33.2 Å². The first-order valence-electron chi connectivity index (χ1n) is 14.6. The molecule has 8 atom stereocenters. The van der Waals surface area contributed by atoms with E-state index >= 15 is 0 Å². The van der Waals surface area contributed by atoms with Crippen molar-refractivity contribution >= 4 is 17.9 Å². The molecule has 2 heterocycles. The number of aliphatic hydroxyl groups is 2. The molecule has 2 saturated heterocycles. The first-order chi connectivity index (χ1) is 22.4. The van der Waals surface area contributed by atoms with Crippen molar-refractivity contribution in [3.05, 3.63) is 120 Å². The van der Waals surface area contributed by atoms with E-state index in [1.807, 2.05) is 0 Å². The molecule has 242 valence electrons. The average molecular weight is 635 g/mol. The van der Waals surface area contributed by atoms with Crippen molar-refractivity contribution in [2.24, 2.45) is 0 Å². The first-order valence-corrected chi connectivity index (χ1v) is 14.6. The number of hydrogen-bond acceptors (Lipinski definition) is 12. The molecule has 0 saturated carbocycles. The Bertz CT molecular complexity index is 1450. The molecule has 0 unspecified atom stereocenters. The molecule has 0 amide bonds. The second-order valence-electron chi connectivity index (χ2n) is 10.5. The maximum absolute atomic E-state index is 13.3. The van der Waals surface area contributed by atoms with Crippen LogP contribution in [0.3, 0.4) is 0 Å². The zero-order valence-corrected chi connectivity index (χ0v) is 24.7. The van der Waals surface area contributed by atoms with Crippen molar-refractivity contribution in [2.75, 3.05) is 19.8 Å². The minimum atomic E-state index is -1.50. The van der Waals surface area contributed by atoms with Crippen LogP contribution in [-0.4, -0.2) is 97.1 Å². The molecule has 2 aliphatic rings. The quantitative estimate of drug-likeness (QED) is 0.171. The van der Waals surface area contributed by atoms with Gasteiger partial charge in [-0.05, 0) is 36.4 Å². The SMILES string of the molecule is C=CCO[C@@H]1OC[C@@H](O[C@@H]2O[C@@H](COC(=O)c3ccccc3)[C@H](OC(=O)c3ccccc3)[C@H]2OC(=O)c2ccccc2)[C@H](O)[C@H]1O. The summed E-state index contributed by atoms with van der Waals surface area (Å²) in [6, 6.07) is 24.5. The van der Waals surface area contributed by atoms with Gasteiger partial charge in [0.2, 0.25) is 0 Å². The Kier molecular flexibility index (Phi) is 11.3. The fourth-order valence-electron chi connectivity index (χ4n) is 4.92. The topological polar surface area (TPSA) is 156 Å². The zero-order chi connectivity index (χ0) is 32.5. The molecule has 12 heteroatoms. The Labute approximate surface area is 265 Å². The smallest absolute Gasteiger partial charge is 0.338 e. The van der Waals surface area contributed by atoms with E-state index in [0.717, 1.165) is 0 Å². The summed E-state index contributed by atoms with van der Waals surface area (Å²) in [6.07, 6.45) is -9.23. The molecule has 46 heavy (non-hydrogen) atoms. The van der Waals surface area contributed by atoms with E-state index in [1.54, 1.807) is 78.9 Å². The Balaban J connectivity index is 1.41. The van der Waals surface area contributed by atoms with E-state index in [1.165, 1.54) is 18.2 Å². The summed E-state index contributed by atoms with van der Waals surface area (Å²) in [7, 11) is 0. The molecule has 0 radical (unpaired) electrons. The van der Waals surface area contributed by atoms with Crippen LogP contribution >= 0.6 is 0 Å². The van der Waals surface area contributed by atoms with Gasteiger partial charge in [-0.25, -0.2) is 14.4 Å². The van der Waals surface area contributed by atoms with Gasteiger partial charge in [0.1, 0.15) is 31.0 Å². The van der Waals surface area contributed by atoms with E-state index in [-0.39, 0.29) is 29.9 Å². The second-order valence-corrected chi connectivity index (χ2v) is 10.5. The van der Waals surface area contributed by atoms with Crippen molar-refractivity contribution in [2.45, 2.75) is 49.2 Å². The van der Waals surface area contributed by atoms with E-state index in [9.17, 15) is 24.6 Å². The molecular formula is C34H34O12. The molecule has 2 N–H and O–H groups in total. The van der Waals surface area contributed by atoms with Crippen molar-refractivity contribution in [3.63, 3.8) is 0 Å². The lowest BCUT2D eigenvalue weighted by atomic mass is 10.0. The maximum Gasteiger partial charge on any atom is 0.338 e. The lowest BCUT2D eigenvalue weighted by molar-refractivity contribution is -0.300. The summed E-state index contributed by atoms with van der Waals surface area (Å²) < 4.78 is 40.2. The molecule has 0 bridgehead atoms. The third-order valence-corrected chi connectivity index (χ3v) is 7.28. The van der Waals surface area contributed by atoms with Gasteiger partial charge in [-0.2, -0.15) is 0 Å². The maximum atomic E-state index is 13.3. The normalized spacial score (nSPS) is 27.3. The van der Waals surface area contributed by atoms with Gasteiger partial charge in [-0.15, -0.1) is 6.58 Å². The third kappa shape index (κ3) is 8.04. The van der Waals surface area contributed by atoms with Crippen molar-refractivity contribution in [1.82, 2.24) is 0 Å². The third-order valence-electron chi connectivity index (χ3n) is 7.28. The number of benzene rings is 3. The number of ether oxygens (including phenoxy) is 7. The van der Waals surface area contributed by atoms with Crippen molar-refractivity contribution < 1.29 is 57.8 Å². The number of carbonyl (C=O) groups is 3. The monoisotopic (exact) mass is 634 g/mol. The highest BCUT2D eigenvalue weighted by Gasteiger charge is 2.53.